The number of nitrogens with zero attached hydrogens (tertiary/aromatic N) is 2. The van der Waals surface area contributed by atoms with Crippen LogP contribution in [0.5, 0.6) is 17.2 Å². The molecule has 0 bridgehead atoms. The van der Waals surface area contributed by atoms with Gasteiger partial charge >= 0.3 is 0 Å². The number of halogens is 1. The molecule has 1 aromatic heterocycles. The van der Waals surface area contributed by atoms with Crippen molar-refractivity contribution in [1.29, 1.82) is 0 Å². The Hall–Kier alpha value is -1.77. The first-order valence-electron chi connectivity index (χ1n) is 8.62. The molecule has 0 spiro atoms. The van der Waals surface area contributed by atoms with Gasteiger partial charge in [-0.05, 0) is 40.2 Å². The third kappa shape index (κ3) is 4.39. The van der Waals surface area contributed by atoms with Crippen molar-refractivity contribution < 1.29 is 19.0 Å². The van der Waals surface area contributed by atoms with Crippen LogP contribution in [-0.4, -0.2) is 63.2 Å². The number of rotatable bonds is 6. The summed E-state index contributed by atoms with van der Waals surface area (Å²) in [6.45, 7) is 3.97. The van der Waals surface area contributed by atoms with Gasteiger partial charge in [0, 0.05) is 37.6 Å². The molecule has 1 aliphatic heterocycles. The highest BCUT2D eigenvalue weighted by Gasteiger charge is 2.27. The highest BCUT2D eigenvalue weighted by atomic mass is 79.9. The Morgan fingerprint density at radius 3 is 2.26 bits per heavy atom. The maximum atomic E-state index is 13.0. The maximum absolute atomic E-state index is 13.0. The van der Waals surface area contributed by atoms with Crippen LogP contribution in [0.3, 0.4) is 0 Å². The number of carbonyl (C=O) groups is 1. The van der Waals surface area contributed by atoms with E-state index in [9.17, 15) is 4.79 Å². The molecular weight excluding hydrogens is 432 g/mol. The number of hydrogen-bond acceptors (Lipinski definition) is 6. The normalized spacial score (nSPS) is 14.9. The Morgan fingerprint density at radius 1 is 1.00 bits per heavy atom. The van der Waals surface area contributed by atoms with Crippen LogP contribution in [0.1, 0.15) is 15.2 Å². The molecule has 6 nitrogen and oxygen atoms in total. The second-order valence-corrected chi connectivity index (χ2v) is 8.70. The van der Waals surface area contributed by atoms with E-state index in [1.807, 2.05) is 4.90 Å². The summed E-state index contributed by atoms with van der Waals surface area (Å²) < 4.78 is 17.3. The van der Waals surface area contributed by atoms with Crippen molar-refractivity contribution in [3.63, 3.8) is 0 Å². The van der Waals surface area contributed by atoms with Crippen LogP contribution < -0.4 is 14.2 Å². The van der Waals surface area contributed by atoms with E-state index in [0.717, 1.165) is 23.4 Å². The quantitative estimate of drug-likeness (QED) is 0.668. The number of amides is 1. The molecule has 1 fully saturated rings. The molecule has 0 atom stereocenters. The lowest BCUT2D eigenvalue weighted by Crippen LogP contribution is -2.48. The highest BCUT2D eigenvalue weighted by Crippen LogP contribution is 2.40. The Morgan fingerprint density at radius 2 is 1.70 bits per heavy atom. The standard InChI is InChI=1S/C19H23BrN2O4S/c1-24-15-6-5-14(17(25-2)18(15)26-3)19(23)22-10-8-21(9-11-22)12-13-4-7-16(20)27-13/h4-7H,8-12H2,1-3H3. The van der Waals surface area contributed by atoms with Crippen molar-refractivity contribution in [1.82, 2.24) is 9.80 Å². The average molecular weight is 455 g/mol. The Bertz CT molecular complexity index is 803. The van der Waals surface area contributed by atoms with Gasteiger partial charge in [-0.25, -0.2) is 0 Å². The van der Waals surface area contributed by atoms with Crippen molar-refractivity contribution in [3.05, 3.63) is 38.5 Å². The van der Waals surface area contributed by atoms with Crippen molar-refractivity contribution in [2.24, 2.45) is 0 Å². The van der Waals surface area contributed by atoms with Gasteiger partial charge in [-0.3, -0.25) is 9.69 Å². The van der Waals surface area contributed by atoms with Gasteiger partial charge in [-0.1, -0.05) is 0 Å². The topological polar surface area (TPSA) is 51.2 Å². The largest absolute Gasteiger partial charge is 0.493 e. The van der Waals surface area contributed by atoms with E-state index >= 15 is 0 Å². The molecule has 1 aliphatic rings. The summed E-state index contributed by atoms with van der Waals surface area (Å²) in [7, 11) is 4.63. The molecule has 2 aromatic rings. The number of ether oxygens (including phenoxy) is 3. The minimum Gasteiger partial charge on any atom is -0.493 e. The molecule has 27 heavy (non-hydrogen) atoms. The minimum atomic E-state index is -0.0497. The van der Waals surface area contributed by atoms with Gasteiger partial charge in [0.15, 0.2) is 11.5 Å². The lowest BCUT2D eigenvalue weighted by Gasteiger charge is -2.34. The van der Waals surface area contributed by atoms with Crippen molar-refractivity contribution in [2.45, 2.75) is 6.54 Å². The van der Waals surface area contributed by atoms with E-state index in [2.05, 4.69) is 33.0 Å². The van der Waals surface area contributed by atoms with Gasteiger partial charge in [0.2, 0.25) is 5.75 Å². The molecule has 1 saturated heterocycles. The van der Waals surface area contributed by atoms with E-state index in [0.29, 0.717) is 35.9 Å². The summed E-state index contributed by atoms with van der Waals surface area (Å²) in [4.78, 5) is 18.6. The van der Waals surface area contributed by atoms with Gasteiger partial charge in [0.05, 0.1) is 30.7 Å². The zero-order valence-electron chi connectivity index (χ0n) is 15.7. The molecule has 2 heterocycles. The highest BCUT2D eigenvalue weighted by molar-refractivity contribution is 9.11. The predicted molar refractivity (Wildman–Crippen MR) is 109 cm³/mol. The summed E-state index contributed by atoms with van der Waals surface area (Å²) in [5.74, 6) is 1.34. The summed E-state index contributed by atoms with van der Waals surface area (Å²) in [6, 6.07) is 7.68. The van der Waals surface area contributed by atoms with E-state index in [-0.39, 0.29) is 5.91 Å². The van der Waals surface area contributed by atoms with Gasteiger partial charge in [0.25, 0.3) is 5.91 Å². The van der Waals surface area contributed by atoms with Crippen LogP contribution >= 0.6 is 27.3 Å². The molecule has 0 aliphatic carbocycles. The van der Waals surface area contributed by atoms with Gasteiger partial charge < -0.3 is 19.1 Å². The Labute approximate surface area is 171 Å². The van der Waals surface area contributed by atoms with Crippen LogP contribution in [-0.2, 0) is 6.54 Å². The van der Waals surface area contributed by atoms with Crippen LogP contribution in [0.2, 0.25) is 0 Å². The van der Waals surface area contributed by atoms with Crippen LogP contribution in [0, 0.1) is 0 Å². The summed E-state index contributed by atoms with van der Waals surface area (Å²) in [5.41, 5.74) is 0.491. The Kier molecular flexibility index (Phi) is 6.62. The fourth-order valence-corrected chi connectivity index (χ4v) is 4.73. The zero-order chi connectivity index (χ0) is 19.4. The molecule has 3 rings (SSSR count). The first-order chi connectivity index (χ1) is 13.1. The molecule has 0 radical (unpaired) electrons. The average Bonchev–Trinajstić information content (AvgIpc) is 3.11. The molecule has 0 unspecified atom stereocenters. The second-order valence-electron chi connectivity index (χ2n) is 6.16. The molecular formula is C19H23BrN2O4S. The van der Waals surface area contributed by atoms with E-state index in [4.69, 9.17) is 14.2 Å². The third-order valence-corrected chi connectivity index (χ3v) is 6.21. The summed E-state index contributed by atoms with van der Waals surface area (Å²) >= 11 is 5.25. The van der Waals surface area contributed by atoms with Gasteiger partial charge in [-0.15, -0.1) is 11.3 Å². The lowest BCUT2D eigenvalue weighted by atomic mass is 10.1. The smallest absolute Gasteiger partial charge is 0.257 e. The van der Waals surface area contributed by atoms with Crippen molar-refractivity contribution in [2.75, 3.05) is 47.5 Å². The molecule has 0 saturated carbocycles. The maximum Gasteiger partial charge on any atom is 0.257 e. The van der Waals surface area contributed by atoms with E-state index in [1.165, 1.54) is 19.1 Å². The van der Waals surface area contributed by atoms with E-state index in [1.54, 1.807) is 30.6 Å². The fourth-order valence-electron chi connectivity index (χ4n) is 3.21. The van der Waals surface area contributed by atoms with Gasteiger partial charge in [0.1, 0.15) is 0 Å². The number of carbonyl (C=O) groups excluding carboxylic acids is 1. The monoisotopic (exact) mass is 454 g/mol. The molecule has 1 amide bonds. The number of piperazine rings is 1. The van der Waals surface area contributed by atoms with Crippen molar-refractivity contribution >= 4 is 33.2 Å². The molecule has 146 valence electrons. The van der Waals surface area contributed by atoms with Crippen LogP contribution in [0.25, 0.3) is 0 Å². The van der Waals surface area contributed by atoms with Crippen LogP contribution in [0.4, 0.5) is 0 Å². The number of benzene rings is 1. The fraction of sp³-hybridized carbons (Fsp3) is 0.421. The number of thiophene rings is 1. The zero-order valence-corrected chi connectivity index (χ0v) is 18.1. The predicted octanol–water partition coefficient (Wildman–Crippen LogP) is 3.49. The molecule has 0 N–H and O–H groups in total. The SMILES string of the molecule is COc1ccc(C(=O)N2CCN(Cc3ccc(Br)s3)CC2)c(OC)c1OC. The van der Waals surface area contributed by atoms with Gasteiger partial charge in [-0.2, -0.15) is 0 Å². The third-order valence-electron chi connectivity index (χ3n) is 4.60. The minimum absolute atomic E-state index is 0.0497. The number of methoxy groups -OCH3 is 3. The van der Waals surface area contributed by atoms with Crippen LogP contribution in [0.15, 0.2) is 28.1 Å². The number of hydrogen-bond donors (Lipinski definition) is 0. The molecule has 1 aromatic carbocycles. The van der Waals surface area contributed by atoms with E-state index < -0.39 is 0 Å². The Balaban J connectivity index is 1.68. The summed E-state index contributed by atoms with van der Waals surface area (Å²) in [6.07, 6.45) is 0. The lowest BCUT2D eigenvalue weighted by molar-refractivity contribution is 0.0625. The molecule has 8 heteroatoms. The second kappa shape index (κ2) is 8.95. The van der Waals surface area contributed by atoms with Crippen molar-refractivity contribution in [3.8, 4) is 17.2 Å². The first-order valence-corrected chi connectivity index (χ1v) is 10.2. The summed E-state index contributed by atoms with van der Waals surface area (Å²) in [5, 5.41) is 0. The first kappa shape index (κ1) is 20.0.